The Labute approximate surface area is 113 Å². The van der Waals surface area contributed by atoms with Gasteiger partial charge in [-0.2, -0.15) is 0 Å². The minimum atomic E-state index is -1.24. The third-order valence-corrected chi connectivity index (χ3v) is 4.10. The van der Waals surface area contributed by atoms with E-state index < -0.39 is 41.9 Å². The van der Waals surface area contributed by atoms with E-state index in [1.54, 1.807) is 6.92 Å². The minimum absolute atomic E-state index is 0.0638. The molecule has 1 aromatic rings. The van der Waals surface area contributed by atoms with Crippen LogP contribution in [0, 0.1) is 5.92 Å². The van der Waals surface area contributed by atoms with E-state index in [9.17, 15) is 19.8 Å². The van der Waals surface area contributed by atoms with Crippen LogP contribution in [0.1, 0.15) is 13.2 Å². The number of H-pyrrole nitrogens is 1. The quantitative estimate of drug-likeness (QED) is 0.590. The molecule has 2 bridgehead atoms. The van der Waals surface area contributed by atoms with Crippen molar-refractivity contribution in [1.82, 2.24) is 9.55 Å². The number of aromatic nitrogens is 2. The summed E-state index contributed by atoms with van der Waals surface area (Å²) in [5.41, 5.74) is -2.36. The number of hydrogen-bond donors (Lipinski definition) is 3. The van der Waals surface area contributed by atoms with Gasteiger partial charge in [-0.1, -0.05) is 6.92 Å². The molecule has 1 aromatic heterocycles. The van der Waals surface area contributed by atoms with E-state index in [1.807, 2.05) is 0 Å². The fourth-order valence-corrected chi connectivity index (χ4v) is 2.91. The molecule has 5 unspecified atom stereocenters. The van der Waals surface area contributed by atoms with Crippen LogP contribution in [0.25, 0.3) is 0 Å². The van der Waals surface area contributed by atoms with Crippen LogP contribution in [-0.4, -0.2) is 50.8 Å². The van der Waals surface area contributed by atoms with Crippen molar-refractivity contribution in [3.63, 3.8) is 0 Å². The number of aromatic amines is 1. The predicted molar refractivity (Wildman–Crippen MR) is 66.2 cm³/mol. The number of hydrogen-bond acceptors (Lipinski definition) is 6. The van der Waals surface area contributed by atoms with Gasteiger partial charge in [-0.15, -0.1) is 0 Å². The highest BCUT2D eigenvalue weighted by Gasteiger charge is 2.58. The van der Waals surface area contributed by atoms with Crippen molar-refractivity contribution in [1.29, 1.82) is 0 Å². The number of aliphatic hydroxyl groups excluding tert-OH is 2. The summed E-state index contributed by atoms with van der Waals surface area (Å²) in [6.07, 6.45) is -0.873. The Kier molecular flexibility index (Phi) is 3.05. The molecule has 110 valence electrons. The number of fused-ring (bicyclic) bond motifs is 3. The van der Waals surface area contributed by atoms with E-state index >= 15 is 0 Å². The van der Waals surface area contributed by atoms with Crippen molar-refractivity contribution in [2.75, 3.05) is 13.2 Å². The average molecular weight is 284 g/mol. The zero-order chi connectivity index (χ0) is 14.5. The second-order valence-corrected chi connectivity index (χ2v) is 5.33. The van der Waals surface area contributed by atoms with Crippen LogP contribution in [0.2, 0.25) is 0 Å². The van der Waals surface area contributed by atoms with Crippen LogP contribution in [0.15, 0.2) is 21.9 Å². The highest BCUT2D eigenvalue weighted by Crippen LogP contribution is 2.44. The van der Waals surface area contributed by atoms with Crippen molar-refractivity contribution < 1.29 is 19.7 Å². The highest BCUT2D eigenvalue weighted by molar-refractivity contribution is 5.04. The van der Waals surface area contributed by atoms with Gasteiger partial charge in [0, 0.05) is 18.2 Å². The SMILES string of the molecule is CC1C2OCC(CO)(OC2n2ccc(=O)[nH]c2=O)C1O. The molecule has 4 rings (SSSR count). The number of ether oxygens (including phenoxy) is 2. The number of aliphatic hydroxyl groups is 2. The molecule has 3 aliphatic rings. The monoisotopic (exact) mass is 284 g/mol. The Morgan fingerprint density at radius 2 is 2.30 bits per heavy atom. The van der Waals surface area contributed by atoms with Crippen LogP contribution in [0.4, 0.5) is 0 Å². The molecule has 8 nitrogen and oxygen atoms in total. The first-order chi connectivity index (χ1) is 9.48. The van der Waals surface area contributed by atoms with Crippen molar-refractivity contribution in [2.45, 2.75) is 31.0 Å². The van der Waals surface area contributed by atoms with Crippen LogP contribution in [0.3, 0.4) is 0 Å². The Morgan fingerprint density at radius 1 is 1.55 bits per heavy atom. The topological polar surface area (TPSA) is 114 Å². The lowest BCUT2D eigenvalue weighted by atomic mass is 9.79. The number of nitrogens with one attached hydrogen (secondary N) is 1. The van der Waals surface area contributed by atoms with Gasteiger partial charge in [0.2, 0.25) is 0 Å². The maximum Gasteiger partial charge on any atom is 0.330 e. The third kappa shape index (κ3) is 1.76. The molecule has 0 radical (unpaired) electrons. The Balaban J connectivity index is 2.04. The molecule has 3 N–H and O–H groups in total. The second-order valence-electron chi connectivity index (χ2n) is 5.33. The molecule has 8 heteroatoms. The molecule has 0 aliphatic carbocycles. The predicted octanol–water partition coefficient (Wildman–Crippen LogP) is -1.81. The zero-order valence-corrected chi connectivity index (χ0v) is 10.9. The van der Waals surface area contributed by atoms with E-state index in [4.69, 9.17) is 9.47 Å². The van der Waals surface area contributed by atoms with Crippen molar-refractivity contribution in [2.24, 2.45) is 5.92 Å². The van der Waals surface area contributed by atoms with Gasteiger partial charge >= 0.3 is 5.69 Å². The Morgan fingerprint density at radius 3 is 2.95 bits per heavy atom. The largest absolute Gasteiger partial charge is 0.393 e. The van der Waals surface area contributed by atoms with E-state index in [0.29, 0.717) is 0 Å². The van der Waals surface area contributed by atoms with Crippen LogP contribution in [0.5, 0.6) is 0 Å². The average Bonchev–Trinajstić information content (AvgIpc) is 2.44. The summed E-state index contributed by atoms with van der Waals surface area (Å²) < 4.78 is 12.5. The number of nitrogens with zero attached hydrogens (tertiary/aromatic N) is 1. The second kappa shape index (κ2) is 4.52. The molecule has 5 atom stereocenters. The van der Waals surface area contributed by atoms with E-state index in [1.165, 1.54) is 16.8 Å². The summed E-state index contributed by atoms with van der Waals surface area (Å²) in [5, 5.41) is 19.7. The molecule has 0 saturated carbocycles. The fraction of sp³-hybridized carbons (Fsp3) is 0.667. The summed E-state index contributed by atoms with van der Waals surface area (Å²) in [5.74, 6) is -0.312. The molecule has 0 aromatic carbocycles. The standard InChI is InChI=1S/C12H16N2O6/c1-6-8-10(14-3-2-7(16)13-11(14)18)20-12(4-15,5-19-8)9(6)17/h2-3,6,8-10,15,17H,4-5H2,1H3,(H,13,16,18). The van der Waals surface area contributed by atoms with Gasteiger partial charge in [-0.3, -0.25) is 14.3 Å². The highest BCUT2D eigenvalue weighted by atomic mass is 16.6. The van der Waals surface area contributed by atoms with E-state index in [-0.39, 0.29) is 12.5 Å². The summed E-state index contributed by atoms with van der Waals surface area (Å²) in [6.45, 7) is 1.42. The Bertz CT molecular complexity index is 625. The lowest BCUT2D eigenvalue weighted by Crippen LogP contribution is -2.69. The molecule has 0 amide bonds. The molecule has 4 heterocycles. The third-order valence-electron chi connectivity index (χ3n) is 4.10. The molecule has 3 saturated heterocycles. The first-order valence-electron chi connectivity index (χ1n) is 6.38. The first kappa shape index (κ1) is 13.5. The normalized spacial score (nSPS) is 40.0. The van der Waals surface area contributed by atoms with Gasteiger partial charge in [0.25, 0.3) is 5.56 Å². The molecular weight excluding hydrogens is 268 g/mol. The molecular formula is C12H16N2O6. The van der Waals surface area contributed by atoms with Crippen LogP contribution >= 0.6 is 0 Å². The molecule has 0 spiro atoms. The molecule has 3 aliphatic heterocycles. The first-order valence-corrected chi connectivity index (χ1v) is 6.38. The maximum absolute atomic E-state index is 11.8. The molecule has 3 fully saturated rings. The zero-order valence-electron chi connectivity index (χ0n) is 10.9. The summed E-state index contributed by atoms with van der Waals surface area (Å²) in [7, 11) is 0. The summed E-state index contributed by atoms with van der Waals surface area (Å²) >= 11 is 0. The van der Waals surface area contributed by atoms with Crippen LogP contribution in [-0.2, 0) is 9.47 Å². The van der Waals surface area contributed by atoms with Crippen molar-refractivity contribution in [3.05, 3.63) is 33.1 Å². The number of rotatable bonds is 2. The van der Waals surface area contributed by atoms with Crippen molar-refractivity contribution >= 4 is 0 Å². The van der Waals surface area contributed by atoms with Gasteiger partial charge in [-0.25, -0.2) is 4.79 Å². The van der Waals surface area contributed by atoms with Gasteiger partial charge in [0.1, 0.15) is 11.7 Å². The molecule has 20 heavy (non-hydrogen) atoms. The summed E-state index contributed by atoms with van der Waals surface area (Å²) in [6, 6.07) is 1.21. The Hall–Kier alpha value is -1.48. The minimum Gasteiger partial charge on any atom is -0.393 e. The van der Waals surface area contributed by atoms with Gasteiger partial charge < -0.3 is 19.7 Å². The maximum atomic E-state index is 11.8. The summed E-state index contributed by atoms with van der Waals surface area (Å²) in [4.78, 5) is 25.1. The lowest BCUT2D eigenvalue weighted by molar-refractivity contribution is -0.355. The van der Waals surface area contributed by atoms with Gasteiger partial charge in [0.05, 0.1) is 19.3 Å². The fourth-order valence-electron chi connectivity index (χ4n) is 2.91. The smallest absolute Gasteiger partial charge is 0.330 e. The van der Waals surface area contributed by atoms with E-state index in [0.717, 1.165) is 0 Å². The van der Waals surface area contributed by atoms with Crippen molar-refractivity contribution in [3.8, 4) is 0 Å². The van der Waals surface area contributed by atoms with Gasteiger partial charge in [0.15, 0.2) is 6.23 Å². The van der Waals surface area contributed by atoms with Crippen LogP contribution < -0.4 is 11.2 Å². The van der Waals surface area contributed by atoms with E-state index in [2.05, 4.69) is 4.98 Å². The van der Waals surface area contributed by atoms with Gasteiger partial charge in [-0.05, 0) is 0 Å². The lowest BCUT2D eigenvalue weighted by Gasteiger charge is -2.55.